The summed E-state index contributed by atoms with van der Waals surface area (Å²) in [7, 11) is 0. The Morgan fingerprint density at radius 3 is 2.68 bits per heavy atom. The van der Waals surface area contributed by atoms with E-state index in [2.05, 4.69) is 21.1 Å². The van der Waals surface area contributed by atoms with Crippen molar-refractivity contribution in [2.45, 2.75) is 26.7 Å². The van der Waals surface area contributed by atoms with Crippen LogP contribution in [0.3, 0.4) is 0 Å². The lowest BCUT2D eigenvalue weighted by molar-refractivity contribution is -0.0497. The predicted molar refractivity (Wildman–Crippen MR) is 113 cm³/mol. The number of nitrogens with one attached hydrogen (secondary N) is 1. The summed E-state index contributed by atoms with van der Waals surface area (Å²) < 4.78 is 40.6. The Balaban J connectivity index is 1.75. The molecular weight excluding hydrogens is 404 g/mol. The van der Waals surface area contributed by atoms with Gasteiger partial charge in [-0.2, -0.15) is 14.0 Å². The average molecular weight is 427 g/mol. The van der Waals surface area contributed by atoms with E-state index >= 15 is 0 Å². The van der Waals surface area contributed by atoms with Gasteiger partial charge < -0.3 is 19.5 Å². The molecule has 1 heterocycles. The lowest BCUT2D eigenvalue weighted by Gasteiger charge is -2.13. The van der Waals surface area contributed by atoms with Crippen molar-refractivity contribution in [3.63, 3.8) is 0 Å². The van der Waals surface area contributed by atoms with Crippen molar-refractivity contribution >= 4 is 16.6 Å². The number of benzene rings is 2. The van der Waals surface area contributed by atoms with Crippen molar-refractivity contribution in [3.8, 4) is 11.8 Å². The Kier molecular flexibility index (Phi) is 8.10. The molecule has 162 valence electrons. The van der Waals surface area contributed by atoms with Gasteiger partial charge in [-0.25, -0.2) is 0 Å². The van der Waals surface area contributed by atoms with Gasteiger partial charge in [-0.15, -0.1) is 0 Å². The van der Waals surface area contributed by atoms with Gasteiger partial charge >= 0.3 is 6.61 Å². The zero-order valence-corrected chi connectivity index (χ0v) is 17.1. The molecule has 31 heavy (non-hydrogen) atoms. The first-order chi connectivity index (χ1) is 15.1. The van der Waals surface area contributed by atoms with Crippen molar-refractivity contribution in [3.05, 3.63) is 65.4 Å². The number of aromatic nitrogens is 1. The van der Waals surface area contributed by atoms with E-state index in [0.717, 1.165) is 11.1 Å². The molecule has 0 aliphatic rings. The summed E-state index contributed by atoms with van der Waals surface area (Å²) in [6.07, 6.45) is 1.46. The summed E-state index contributed by atoms with van der Waals surface area (Å²) in [5.74, 6) is 0.00800. The molecule has 1 aromatic heterocycles. The number of hydrogen-bond donors (Lipinski definition) is 1. The highest BCUT2D eigenvalue weighted by Gasteiger charge is 2.12. The SMILES string of the molecule is CCOCCOCc1cccc(CNc2c(C#N)cnc3ccc(OC(F)F)cc23)c1. The van der Waals surface area contributed by atoms with Gasteiger partial charge in [-0.05, 0) is 36.2 Å². The molecule has 0 fully saturated rings. The third-order valence-corrected chi connectivity index (χ3v) is 4.49. The summed E-state index contributed by atoms with van der Waals surface area (Å²) in [4.78, 5) is 4.22. The zero-order chi connectivity index (χ0) is 22.1. The van der Waals surface area contributed by atoms with Gasteiger partial charge in [0, 0.05) is 24.7 Å². The van der Waals surface area contributed by atoms with E-state index < -0.39 is 6.61 Å². The summed E-state index contributed by atoms with van der Waals surface area (Å²) in [6.45, 7) is 1.65. The van der Waals surface area contributed by atoms with Gasteiger partial charge in [0.1, 0.15) is 11.8 Å². The predicted octanol–water partition coefficient (Wildman–Crippen LogP) is 4.87. The molecular formula is C23H23F2N3O3. The van der Waals surface area contributed by atoms with Gasteiger partial charge in [0.25, 0.3) is 0 Å². The number of rotatable bonds is 11. The molecule has 0 aliphatic carbocycles. The molecule has 0 unspecified atom stereocenters. The van der Waals surface area contributed by atoms with Crippen LogP contribution >= 0.6 is 0 Å². The highest BCUT2D eigenvalue weighted by molar-refractivity contribution is 5.94. The van der Waals surface area contributed by atoms with Crippen LogP contribution in [-0.4, -0.2) is 31.4 Å². The molecule has 0 saturated carbocycles. The molecule has 0 spiro atoms. The van der Waals surface area contributed by atoms with E-state index in [0.29, 0.717) is 55.1 Å². The second kappa shape index (κ2) is 11.2. The van der Waals surface area contributed by atoms with E-state index in [1.165, 1.54) is 18.3 Å². The van der Waals surface area contributed by atoms with Crippen LogP contribution in [0.4, 0.5) is 14.5 Å². The minimum Gasteiger partial charge on any atom is -0.435 e. The molecule has 0 bridgehead atoms. The Labute approximate surface area is 179 Å². The van der Waals surface area contributed by atoms with Crippen LogP contribution in [0.5, 0.6) is 5.75 Å². The number of pyridine rings is 1. The number of halogens is 2. The van der Waals surface area contributed by atoms with E-state index in [1.807, 2.05) is 31.2 Å². The van der Waals surface area contributed by atoms with Crippen LogP contribution in [-0.2, 0) is 22.6 Å². The number of alkyl halides is 2. The maximum atomic E-state index is 12.6. The van der Waals surface area contributed by atoms with Gasteiger partial charge in [-0.1, -0.05) is 24.3 Å². The fourth-order valence-electron chi connectivity index (χ4n) is 3.10. The van der Waals surface area contributed by atoms with Crippen LogP contribution in [0, 0.1) is 11.3 Å². The molecule has 2 aromatic carbocycles. The van der Waals surface area contributed by atoms with Crippen LogP contribution < -0.4 is 10.1 Å². The third kappa shape index (κ3) is 6.35. The first kappa shape index (κ1) is 22.4. The van der Waals surface area contributed by atoms with Gasteiger partial charge in [0.15, 0.2) is 0 Å². The largest absolute Gasteiger partial charge is 0.435 e. The summed E-state index contributed by atoms with van der Waals surface area (Å²) in [5.41, 5.74) is 3.41. The maximum Gasteiger partial charge on any atom is 0.387 e. The first-order valence-electron chi connectivity index (χ1n) is 9.85. The fraction of sp³-hybridized carbons (Fsp3) is 0.304. The van der Waals surface area contributed by atoms with Crippen LogP contribution in [0.2, 0.25) is 0 Å². The summed E-state index contributed by atoms with van der Waals surface area (Å²) in [6, 6.07) is 14.4. The molecule has 1 N–H and O–H groups in total. The normalized spacial score (nSPS) is 10.9. The minimum absolute atomic E-state index is 0.00800. The molecule has 3 rings (SSSR count). The van der Waals surface area contributed by atoms with E-state index in [4.69, 9.17) is 9.47 Å². The van der Waals surface area contributed by atoms with Gasteiger partial charge in [0.2, 0.25) is 0 Å². The third-order valence-electron chi connectivity index (χ3n) is 4.49. The molecule has 0 amide bonds. The Morgan fingerprint density at radius 1 is 1.10 bits per heavy atom. The second-order valence-electron chi connectivity index (χ2n) is 6.64. The van der Waals surface area contributed by atoms with E-state index in [-0.39, 0.29) is 5.75 Å². The van der Waals surface area contributed by atoms with Crippen LogP contribution in [0.15, 0.2) is 48.7 Å². The van der Waals surface area contributed by atoms with Crippen molar-refractivity contribution in [2.24, 2.45) is 0 Å². The number of hydrogen-bond acceptors (Lipinski definition) is 6. The molecule has 8 heteroatoms. The zero-order valence-electron chi connectivity index (χ0n) is 17.1. The van der Waals surface area contributed by atoms with Crippen molar-refractivity contribution in [1.29, 1.82) is 5.26 Å². The topological polar surface area (TPSA) is 76.4 Å². The first-order valence-corrected chi connectivity index (χ1v) is 9.85. The maximum absolute atomic E-state index is 12.6. The molecule has 0 atom stereocenters. The molecule has 0 saturated heterocycles. The number of nitrogens with zero attached hydrogens (tertiary/aromatic N) is 2. The van der Waals surface area contributed by atoms with Gasteiger partial charge in [0.05, 0.1) is 36.6 Å². The molecule has 0 aliphatic heterocycles. The van der Waals surface area contributed by atoms with Gasteiger partial charge in [-0.3, -0.25) is 4.98 Å². The molecule has 6 nitrogen and oxygen atoms in total. The van der Waals surface area contributed by atoms with Crippen LogP contribution in [0.1, 0.15) is 23.6 Å². The number of anilines is 1. The Hall–Kier alpha value is -3.28. The summed E-state index contributed by atoms with van der Waals surface area (Å²) >= 11 is 0. The highest BCUT2D eigenvalue weighted by atomic mass is 19.3. The standard InChI is InChI=1S/C23H23F2N3O3/c1-2-29-8-9-30-15-17-5-3-4-16(10-17)13-28-22-18(12-26)14-27-21-7-6-19(11-20(21)22)31-23(24)25/h3-7,10-11,14,23H,2,8-9,13,15H2,1H3,(H,27,28). The highest BCUT2D eigenvalue weighted by Crippen LogP contribution is 2.30. The average Bonchev–Trinajstić information content (AvgIpc) is 2.77. The number of fused-ring (bicyclic) bond motifs is 1. The molecule has 0 radical (unpaired) electrons. The number of ether oxygens (including phenoxy) is 3. The van der Waals surface area contributed by atoms with Crippen molar-refractivity contribution in [2.75, 3.05) is 25.1 Å². The monoisotopic (exact) mass is 427 g/mol. The quantitative estimate of drug-likeness (QED) is 0.440. The fourth-order valence-corrected chi connectivity index (χ4v) is 3.10. The second-order valence-corrected chi connectivity index (χ2v) is 6.64. The summed E-state index contributed by atoms with van der Waals surface area (Å²) in [5, 5.41) is 13.3. The number of nitriles is 1. The Morgan fingerprint density at radius 2 is 1.90 bits per heavy atom. The lowest BCUT2D eigenvalue weighted by Crippen LogP contribution is -2.06. The Bertz CT molecular complexity index is 1050. The van der Waals surface area contributed by atoms with Crippen molar-refractivity contribution in [1.82, 2.24) is 4.98 Å². The minimum atomic E-state index is -2.93. The lowest BCUT2D eigenvalue weighted by atomic mass is 10.1. The van der Waals surface area contributed by atoms with E-state index in [1.54, 1.807) is 6.07 Å². The van der Waals surface area contributed by atoms with Crippen molar-refractivity contribution < 1.29 is 23.0 Å². The van der Waals surface area contributed by atoms with E-state index in [9.17, 15) is 14.0 Å². The van der Waals surface area contributed by atoms with Crippen LogP contribution in [0.25, 0.3) is 10.9 Å². The molecule has 3 aromatic rings. The smallest absolute Gasteiger partial charge is 0.387 e.